The van der Waals surface area contributed by atoms with Gasteiger partial charge in [0.15, 0.2) is 10.5 Å². The highest BCUT2D eigenvalue weighted by molar-refractivity contribution is 9.10. The van der Waals surface area contributed by atoms with Crippen molar-refractivity contribution in [2.24, 2.45) is 0 Å². The van der Waals surface area contributed by atoms with Gasteiger partial charge in [0.25, 0.3) is 0 Å². The molecule has 0 bridgehead atoms. The van der Waals surface area contributed by atoms with Crippen LogP contribution in [0.2, 0.25) is 0 Å². The smallest absolute Gasteiger partial charge is 0.197 e. The van der Waals surface area contributed by atoms with Crippen molar-refractivity contribution in [2.45, 2.75) is 26.2 Å². The van der Waals surface area contributed by atoms with Crippen LogP contribution < -0.4 is 0 Å². The van der Waals surface area contributed by atoms with E-state index in [0.717, 1.165) is 0 Å². The minimum absolute atomic E-state index is 0.0314. The van der Waals surface area contributed by atoms with E-state index in [2.05, 4.69) is 36.7 Å². The zero-order valence-electron chi connectivity index (χ0n) is 10.7. The Morgan fingerprint density at radius 2 is 1.72 bits per heavy atom. The molecule has 0 atom stereocenters. The van der Waals surface area contributed by atoms with Crippen molar-refractivity contribution in [1.82, 2.24) is 0 Å². The normalized spacial score (nSPS) is 11.6. The minimum Gasteiger partial charge on any atom is -0.457 e. The van der Waals surface area contributed by atoms with Crippen LogP contribution in [-0.2, 0) is 5.41 Å². The molecule has 0 spiro atoms. The largest absolute Gasteiger partial charge is 0.457 e. The van der Waals surface area contributed by atoms with Gasteiger partial charge in [-0.05, 0) is 33.0 Å². The maximum atomic E-state index is 12.2. The van der Waals surface area contributed by atoms with Crippen LogP contribution in [0.5, 0.6) is 0 Å². The Balaban J connectivity index is 2.31. The molecule has 18 heavy (non-hydrogen) atoms. The summed E-state index contributed by atoms with van der Waals surface area (Å²) in [5, 5.41) is 0. The molecule has 0 amide bonds. The van der Waals surface area contributed by atoms with Crippen LogP contribution in [0.1, 0.15) is 42.3 Å². The lowest BCUT2D eigenvalue weighted by atomic mass is 9.86. The molecular formula is C15H15BrO2. The van der Waals surface area contributed by atoms with E-state index < -0.39 is 0 Å². The summed E-state index contributed by atoms with van der Waals surface area (Å²) in [7, 11) is 0. The van der Waals surface area contributed by atoms with Gasteiger partial charge in [0.1, 0.15) is 0 Å². The summed E-state index contributed by atoms with van der Waals surface area (Å²) in [5.41, 5.74) is 2.53. The molecule has 1 aromatic carbocycles. The van der Waals surface area contributed by atoms with E-state index in [9.17, 15) is 4.79 Å². The highest BCUT2D eigenvalue weighted by atomic mass is 79.9. The number of benzene rings is 1. The lowest BCUT2D eigenvalue weighted by Gasteiger charge is -2.18. The zero-order valence-corrected chi connectivity index (χ0v) is 12.2. The molecule has 1 heterocycles. The lowest BCUT2D eigenvalue weighted by Crippen LogP contribution is -2.11. The van der Waals surface area contributed by atoms with Gasteiger partial charge < -0.3 is 4.42 Å². The van der Waals surface area contributed by atoms with Crippen molar-refractivity contribution in [3.05, 3.63) is 58.0 Å². The van der Waals surface area contributed by atoms with E-state index in [0.29, 0.717) is 15.8 Å². The number of ketones is 1. The maximum absolute atomic E-state index is 12.2. The molecule has 0 radical (unpaired) electrons. The van der Waals surface area contributed by atoms with Gasteiger partial charge in [-0.1, -0.05) is 45.0 Å². The highest BCUT2D eigenvalue weighted by Gasteiger charge is 2.17. The van der Waals surface area contributed by atoms with E-state index >= 15 is 0 Å². The molecule has 0 aliphatic heterocycles. The molecule has 0 aliphatic rings. The van der Waals surface area contributed by atoms with Crippen molar-refractivity contribution < 1.29 is 9.21 Å². The Morgan fingerprint density at radius 1 is 1.11 bits per heavy atom. The molecule has 3 heteroatoms. The predicted molar refractivity (Wildman–Crippen MR) is 75.0 cm³/mol. The second-order valence-corrected chi connectivity index (χ2v) is 5.98. The van der Waals surface area contributed by atoms with Gasteiger partial charge in [-0.15, -0.1) is 0 Å². The third-order valence-corrected chi connectivity index (χ3v) is 3.49. The summed E-state index contributed by atoms with van der Waals surface area (Å²) < 4.78 is 5.56. The van der Waals surface area contributed by atoms with Crippen LogP contribution in [0.4, 0.5) is 0 Å². The SMILES string of the molecule is CC(C)(C)c1ccc(C(=O)c2ccoc2Br)cc1. The van der Waals surface area contributed by atoms with Crippen molar-refractivity contribution in [2.75, 3.05) is 0 Å². The Morgan fingerprint density at radius 3 is 2.17 bits per heavy atom. The number of hydrogen-bond acceptors (Lipinski definition) is 2. The van der Waals surface area contributed by atoms with Gasteiger partial charge in [-0.3, -0.25) is 4.79 Å². The van der Waals surface area contributed by atoms with Gasteiger partial charge in [0.05, 0.1) is 11.8 Å². The third-order valence-electron chi connectivity index (χ3n) is 2.88. The first-order valence-corrected chi connectivity index (χ1v) is 6.57. The number of hydrogen-bond donors (Lipinski definition) is 0. The molecule has 2 aromatic rings. The molecule has 0 fully saturated rings. The monoisotopic (exact) mass is 306 g/mol. The average Bonchev–Trinajstić information content (AvgIpc) is 2.73. The van der Waals surface area contributed by atoms with Gasteiger partial charge in [0, 0.05) is 5.56 Å². The van der Waals surface area contributed by atoms with Crippen LogP contribution >= 0.6 is 15.9 Å². The van der Waals surface area contributed by atoms with Crippen LogP contribution in [0.15, 0.2) is 45.7 Å². The quantitative estimate of drug-likeness (QED) is 0.761. The van der Waals surface area contributed by atoms with Crippen molar-refractivity contribution in [3.8, 4) is 0 Å². The van der Waals surface area contributed by atoms with Gasteiger partial charge in [-0.2, -0.15) is 0 Å². The summed E-state index contributed by atoms with van der Waals surface area (Å²) in [6.45, 7) is 6.45. The Hall–Kier alpha value is -1.35. The van der Waals surface area contributed by atoms with Gasteiger partial charge in [0.2, 0.25) is 0 Å². The fraction of sp³-hybridized carbons (Fsp3) is 0.267. The number of carbonyl (C=O) groups excluding carboxylic acids is 1. The van der Waals surface area contributed by atoms with E-state index in [1.807, 2.05) is 24.3 Å². The highest BCUT2D eigenvalue weighted by Crippen LogP contribution is 2.24. The molecule has 0 saturated carbocycles. The van der Waals surface area contributed by atoms with Crippen molar-refractivity contribution >= 4 is 21.7 Å². The fourth-order valence-electron chi connectivity index (χ4n) is 1.73. The van der Waals surface area contributed by atoms with Gasteiger partial charge in [-0.25, -0.2) is 0 Å². The summed E-state index contributed by atoms with van der Waals surface area (Å²) in [6, 6.07) is 9.40. The van der Waals surface area contributed by atoms with E-state index in [-0.39, 0.29) is 11.2 Å². The number of rotatable bonds is 2. The van der Waals surface area contributed by atoms with Crippen LogP contribution in [0, 0.1) is 0 Å². The van der Waals surface area contributed by atoms with Crippen LogP contribution in [-0.4, -0.2) is 5.78 Å². The summed E-state index contributed by atoms with van der Waals surface area (Å²) in [5.74, 6) is -0.0314. The number of carbonyl (C=O) groups is 1. The predicted octanol–water partition coefficient (Wildman–Crippen LogP) is 4.57. The fourth-order valence-corrected chi connectivity index (χ4v) is 2.15. The first kappa shape index (κ1) is 13.1. The molecule has 0 aliphatic carbocycles. The zero-order chi connectivity index (χ0) is 13.3. The molecule has 94 valence electrons. The maximum Gasteiger partial charge on any atom is 0.197 e. The standard InChI is InChI=1S/C15H15BrO2/c1-15(2,3)11-6-4-10(5-7-11)13(17)12-8-9-18-14(12)16/h4-9H,1-3H3. The Bertz CT molecular complexity index is 559. The molecule has 1 aromatic heterocycles. The number of furan rings is 1. The molecule has 2 rings (SSSR count). The second-order valence-electron chi connectivity index (χ2n) is 5.26. The minimum atomic E-state index is -0.0314. The summed E-state index contributed by atoms with van der Waals surface area (Å²) >= 11 is 3.22. The molecule has 2 nitrogen and oxygen atoms in total. The Labute approximate surface area is 115 Å². The summed E-state index contributed by atoms with van der Waals surface area (Å²) in [4.78, 5) is 12.2. The van der Waals surface area contributed by atoms with E-state index in [4.69, 9.17) is 4.42 Å². The van der Waals surface area contributed by atoms with E-state index in [1.54, 1.807) is 6.07 Å². The molecule has 0 N–H and O–H groups in total. The van der Waals surface area contributed by atoms with E-state index in [1.165, 1.54) is 11.8 Å². The first-order chi connectivity index (χ1) is 8.39. The van der Waals surface area contributed by atoms with Crippen LogP contribution in [0.25, 0.3) is 0 Å². The lowest BCUT2D eigenvalue weighted by molar-refractivity contribution is 0.103. The second kappa shape index (κ2) is 4.73. The average molecular weight is 307 g/mol. The van der Waals surface area contributed by atoms with Gasteiger partial charge >= 0.3 is 0 Å². The molecule has 0 saturated heterocycles. The third kappa shape index (κ3) is 2.56. The first-order valence-electron chi connectivity index (χ1n) is 5.78. The Kier molecular flexibility index (Phi) is 3.44. The molecular weight excluding hydrogens is 292 g/mol. The summed E-state index contributed by atoms with van der Waals surface area (Å²) in [6.07, 6.45) is 1.50. The van der Waals surface area contributed by atoms with Crippen molar-refractivity contribution in [1.29, 1.82) is 0 Å². The van der Waals surface area contributed by atoms with Crippen molar-refractivity contribution in [3.63, 3.8) is 0 Å². The molecule has 0 unspecified atom stereocenters. The van der Waals surface area contributed by atoms with Crippen LogP contribution in [0.3, 0.4) is 0 Å². The number of halogens is 1. The topological polar surface area (TPSA) is 30.2 Å².